The van der Waals surface area contributed by atoms with Gasteiger partial charge in [0, 0.05) is 17.3 Å². The lowest BCUT2D eigenvalue weighted by Gasteiger charge is -2.24. The number of halogens is 1. The van der Waals surface area contributed by atoms with E-state index < -0.39 is 6.04 Å². The fourth-order valence-electron chi connectivity index (χ4n) is 3.68. The summed E-state index contributed by atoms with van der Waals surface area (Å²) in [5.41, 5.74) is 2.23. The third-order valence-corrected chi connectivity index (χ3v) is 6.02. The summed E-state index contributed by atoms with van der Waals surface area (Å²) in [6.07, 6.45) is -0.0398. The van der Waals surface area contributed by atoms with Gasteiger partial charge in [-0.05, 0) is 66.3 Å². The number of rotatable bonds is 7. The number of thiocarbonyl (C=S) groups is 1. The van der Waals surface area contributed by atoms with Crippen molar-refractivity contribution in [3.05, 3.63) is 89.4 Å². The Morgan fingerprint density at radius 1 is 1.03 bits per heavy atom. The van der Waals surface area contributed by atoms with Gasteiger partial charge in [0.2, 0.25) is 5.91 Å². The van der Waals surface area contributed by atoms with Gasteiger partial charge in [-0.3, -0.25) is 14.5 Å². The highest BCUT2D eigenvalue weighted by Crippen LogP contribution is 2.29. The quantitative estimate of drug-likeness (QED) is 0.489. The van der Waals surface area contributed by atoms with Crippen LogP contribution < -0.4 is 15.0 Å². The molecule has 0 bridgehead atoms. The minimum Gasteiger partial charge on any atom is -0.497 e. The summed E-state index contributed by atoms with van der Waals surface area (Å²) in [6, 6.07) is 22.8. The molecular formula is C25H22ClN3O3S. The number of ether oxygens (including phenoxy) is 1. The molecule has 1 fully saturated rings. The molecule has 0 aromatic heterocycles. The van der Waals surface area contributed by atoms with E-state index in [4.69, 9.17) is 28.6 Å². The number of carbonyl (C=O) groups excluding carboxylic acids is 2. The highest BCUT2D eigenvalue weighted by Gasteiger charge is 2.44. The van der Waals surface area contributed by atoms with Gasteiger partial charge >= 0.3 is 0 Å². The molecule has 3 aromatic rings. The molecule has 3 aromatic carbocycles. The number of para-hydroxylation sites is 1. The van der Waals surface area contributed by atoms with Gasteiger partial charge in [0.1, 0.15) is 11.8 Å². The molecule has 1 aliphatic rings. The standard InChI is InChI=1S/C25H22ClN3O3S/c1-32-21-13-11-19(12-14-21)27-23(30)15-22-24(31)29(20-5-3-2-4-6-20)25(33)28(22)16-17-7-9-18(26)10-8-17/h2-14,22H,15-16H2,1H3,(H,27,30)/t22-/m1/s1. The molecular weight excluding hydrogens is 458 g/mol. The number of benzene rings is 3. The van der Waals surface area contributed by atoms with E-state index in [-0.39, 0.29) is 18.2 Å². The van der Waals surface area contributed by atoms with Crippen LogP contribution in [0.2, 0.25) is 5.02 Å². The Kier molecular flexibility index (Phi) is 6.91. The molecule has 2 amide bonds. The average molecular weight is 480 g/mol. The van der Waals surface area contributed by atoms with Gasteiger partial charge in [-0.1, -0.05) is 41.9 Å². The number of carbonyl (C=O) groups is 2. The fourth-order valence-corrected chi connectivity index (χ4v) is 4.19. The van der Waals surface area contributed by atoms with Crippen LogP contribution in [-0.2, 0) is 16.1 Å². The second kappa shape index (κ2) is 10.0. The highest BCUT2D eigenvalue weighted by atomic mass is 35.5. The topological polar surface area (TPSA) is 61.9 Å². The Bertz CT molecular complexity index is 1150. The van der Waals surface area contributed by atoms with Crippen LogP contribution in [0.5, 0.6) is 5.75 Å². The molecule has 1 atom stereocenters. The Morgan fingerprint density at radius 2 is 1.70 bits per heavy atom. The average Bonchev–Trinajstić information content (AvgIpc) is 3.05. The second-order valence-electron chi connectivity index (χ2n) is 7.54. The van der Waals surface area contributed by atoms with Gasteiger partial charge in [-0.25, -0.2) is 0 Å². The predicted molar refractivity (Wildman–Crippen MR) is 134 cm³/mol. The first-order valence-corrected chi connectivity index (χ1v) is 11.1. The van der Waals surface area contributed by atoms with E-state index in [0.717, 1.165) is 5.56 Å². The summed E-state index contributed by atoms with van der Waals surface area (Å²) in [7, 11) is 1.58. The molecule has 0 spiro atoms. The SMILES string of the molecule is COc1ccc(NC(=O)C[C@@H]2C(=O)N(c3ccccc3)C(=S)N2Cc2ccc(Cl)cc2)cc1. The Morgan fingerprint density at radius 3 is 2.33 bits per heavy atom. The summed E-state index contributed by atoms with van der Waals surface area (Å²) in [5, 5.41) is 3.84. The molecule has 168 valence electrons. The molecule has 6 nitrogen and oxygen atoms in total. The molecule has 1 heterocycles. The minimum absolute atomic E-state index is 0.0398. The first-order chi connectivity index (χ1) is 16.0. The van der Waals surface area contributed by atoms with E-state index in [1.807, 2.05) is 42.5 Å². The Balaban J connectivity index is 1.57. The summed E-state index contributed by atoms with van der Waals surface area (Å²) in [4.78, 5) is 29.6. The number of hydrogen-bond donors (Lipinski definition) is 1. The highest BCUT2D eigenvalue weighted by molar-refractivity contribution is 7.80. The number of amides is 2. The van der Waals surface area contributed by atoms with Crippen molar-refractivity contribution in [3.63, 3.8) is 0 Å². The maximum absolute atomic E-state index is 13.4. The van der Waals surface area contributed by atoms with Crippen LogP contribution in [0.15, 0.2) is 78.9 Å². The summed E-state index contributed by atoms with van der Waals surface area (Å²) < 4.78 is 5.15. The van der Waals surface area contributed by atoms with Gasteiger partial charge < -0.3 is 15.0 Å². The van der Waals surface area contributed by atoms with Crippen molar-refractivity contribution in [3.8, 4) is 5.75 Å². The lowest BCUT2D eigenvalue weighted by atomic mass is 10.1. The summed E-state index contributed by atoms with van der Waals surface area (Å²) in [6.45, 7) is 0.381. The maximum atomic E-state index is 13.4. The van der Waals surface area contributed by atoms with E-state index in [0.29, 0.717) is 33.8 Å². The summed E-state index contributed by atoms with van der Waals surface area (Å²) in [5.74, 6) is 0.180. The van der Waals surface area contributed by atoms with Crippen LogP contribution in [-0.4, -0.2) is 35.0 Å². The molecule has 4 rings (SSSR count). The van der Waals surface area contributed by atoms with Crippen molar-refractivity contribution in [2.75, 3.05) is 17.3 Å². The summed E-state index contributed by atoms with van der Waals surface area (Å²) >= 11 is 11.7. The van der Waals surface area contributed by atoms with Crippen LogP contribution in [0.4, 0.5) is 11.4 Å². The molecule has 0 unspecified atom stereocenters. The van der Waals surface area contributed by atoms with E-state index in [2.05, 4.69) is 5.32 Å². The lowest BCUT2D eigenvalue weighted by Crippen LogP contribution is -2.37. The number of anilines is 2. The van der Waals surface area contributed by atoms with E-state index >= 15 is 0 Å². The zero-order valence-electron chi connectivity index (χ0n) is 17.9. The molecule has 1 aliphatic heterocycles. The molecule has 8 heteroatoms. The van der Waals surface area contributed by atoms with Crippen molar-refractivity contribution >= 4 is 52.1 Å². The maximum Gasteiger partial charge on any atom is 0.256 e. The zero-order valence-corrected chi connectivity index (χ0v) is 19.5. The Hall–Kier alpha value is -3.42. The minimum atomic E-state index is -0.730. The molecule has 1 saturated heterocycles. The smallest absolute Gasteiger partial charge is 0.256 e. The van der Waals surface area contributed by atoms with Crippen molar-refractivity contribution in [1.82, 2.24) is 4.90 Å². The first-order valence-electron chi connectivity index (χ1n) is 10.3. The number of nitrogens with one attached hydrogen (secondary N) is 1. The van der Waals surface area contributed by atoms with Gasteiger partial charge in [0.25, 0.3) is 5.91 Å². The lowest BCUT2D eigenvalue weighted by molar-refractivity contribution is -0.124. The zero-order chi connectivity index (χ0) is 23.4. The molecule has 0 radical (unpaired) electrons. The third kappa shape index (κ3) is 5.16. The van der Waals surface area contributed by atoms with Crippen molar-refractivity contribution in [2.24, 2.45) is 0 Å². The third-order valence-electron chi connectivity index (χ3n) is 5.35. The Labute approximate surface area is 202 Å². The van der Waals surface area contributed by atoms with Crippen LogP contribution in [0.25, 0.3) is 0 Å². The van der Waals surface area contributed by atoms with Crippen LogP contribution >= 0.6 is 23.8 Å². The van der Waals surface area contributed by atoms with Gasteiger partial charge in [-0.2, -0.15) is 0 Å². The fraction of sp³-hybridized carbons (Fsp3) is 0.160. The van der Waals surface area contributed by atoms with Crippen LogP contribution in [0.1, 0.15) is 12.0 Å². The van der Waals surface area contributed by atoms with Crippen LogP contribution in [0, 0.1) is 0 Å². The van der Waals surface area contributed by atoms with E-state index in [9.17, 15) is 9.59 Å². The van der Waals surface area contributed by atoms with E-state index in [1.165, 1.54) is 4.90 Å². The van der Waals surface area contributed by atoms with Crippen LogP contribution in [0.3, 0.4) is 0 Å². The molecule has 33 heavy (non-hydrogen) atoms. The van der Waals surface area contributed by atoms with Crippen molar-refractivity contribution in [2.45, 2.75) is 19.0 Å². The molecule has 0 aliphatic carbocycles. The predicted octanol–water partition coefficient (Wildman–Crippen LogP) is 4.88. The largest absolute Gasteiger partial charge is 0.497 e. The molecule has 0 saturated carbocycles. The van der Waals surface area contributed by atoms with Crippen molar-refractivity contribution < 1.29 is 14.3 Å². The van der Waals surface area contributed by atoms with E-state index in [1.54, 1.807) is 48.4 Å². The number of hydrogen-bond acceptors (Lipinski definition) is 4. The monoisotopic (exact) mass is 479 g/mol. The second-order valence-corrected chi connectivity index (χ2v) is 8.34. The number of nitrogens with zero attached hydrogens (tertiary/aromatic N) is 2. The van der Waals surface area contributed by atoms with Gasteiger partial charge in [0.05, 0.1) is 19.2 Å². The van der Waals surface area contributed by atoms with Gasteiger partial charge in [-0.15, -0.1) is 0 Å². The van der Waals surface area contributed by atoms with Gasteiger partial charge in [0.15, 0.2) is 5.11 Å². The van der Waals surface area contributed by atoms with Crippen molar-refractivity contribution in [1.29, 1.82) is 0 Å². The first kappa shape index (κ1) is 22.8. The number of methoxy groups -OCH3 is 1. The molecule has 1 N–H and O–H groups in total. The normalized spacial score (nSPS) is 15.6.